The van der Waals surface area contributed by atoms with Gasteiger partial charge in [-0.2, -0.15) is 0 Å². The van der Waals surface area contributed by atoms with Gasteiger partial charge in [0.15, 0.2) is 5.15 Å². The van der Waals surface area contributed by atoms with Gasteiger partial charge in [0.25, 0.3) is 0 Å². The molecule has 0 aliphatic heterocycles. The minimum Gasteiger partial charge on any atom is -0.329 e. The van der Waals surface area contributed by atoms with Crippen molar-refractivity contribution in [3.63, 3.8) is 0 Å². The molecular weight excluding hydrogens is 234 g/mol. The van der Waals surface area contributed by atoms with Crippen LogP contribution in [0, 0.1) is 6.92 Å². The molecular formula is C13H16ClN3. The first-order valence-electron chi connectivity index (χ1n) is 5.56. The van der Waals surface area contributed by atoms with Crippen molar-refractivity contribution in [3.8, 4) is 11.3 Å². The van der Waals surface area contributed by atoms with Crippen molar-refractivity contribution in [2.75, 3.05) is 7.05 Å². The highest BCUT2D eigenvalue weighted by Gasteiger charge is 2.14. The lowest BCUT2D eigenvalue weighted by Crippen LogP contribution is -2.10. The van der Waals surface area contributed by atoms with E-state index in [9.17, 15) is 0 Å². The predicted molar refractivity (Wildman–Crippen MR) is 71.2 cm³/mol. The number of nitrogens with zero attached hydrogens (tertiary/aromatic N) is 2. The highest BCUT2D eigenvalue weighted by Crippen LogP contribution is 2.28. The third kappa shape index (κ3) is 2.35. The van der Waals surface area contributed by atoms with E-state index in [0.29, 0.717) is 11.7 Å². The summed E-state index contributed by atoms with van der Waals surface area (Å²) in [7, 11) is 3.89. The van der Waals surface area contributed by atoms with Crippen LogP contribution in [0.1, 0.15) is 11.4 Å². The van der Waals surface area contributed by atoms with Crippen molar-refractivity contribution >= 4 is 11.6 Å². The average molecular weight is 250 g/mol. The summed E-state index contributed by atoms with van der Waals surface area (Å²) in [5.41, 5.74) is 3.29. The van der Waals surface area contributed by atoms with E-state index in [1.165, 1.54) is 5.56 Å². The highest BCUT2D eigenvalue weighted by atomic mass is 35.5. The van der Waals surface area contributed by atoms with Gasteiger partial charge in [-0.3, -0.25) is 0 Å². The monoisotopic (exact) mass is 249 g/mol. The van der Waals surface area contributed by atoms with E-state index in [-0.39, 0.29) is 0 Å². The summed E-state index contributed by atoms with van der Waals surface area (Å²) in [6.07, 6.45) is 0. The molecule has 0 amide bonds. The maximum absolute atomic E-state index is 6.21. The van der Waals surface area contributed by atoms with Gasteiger partial charge in [0.1, 0.15) is 5.82 Å². The zero-order valence-electron chi connectivity index (χ0n) is 10.3. The summed E-state index contributed by atoms with van der Waals surface area (Å²) < 4.78 is 2.04. The SMILES string of the molecule is CNCc1nc(Cl)c(-c2cccc(C)c2)n1C. The molecule has 0 fully saturated rings. The van der Waals surface area contributed by atoms with Crippen molar-refractivity contribution < 1.29 is 0 Å². The Morgan fingerprint density at radius 2 is 2.18 bits per heavy atom. The highest BCUT2D eigenvalue weighted by molar-refractivity contribution is 6.32. The summed E-state index contributed by atoms with van der Waals surface area (Å²) >= 11 is 6.21. The topological polar surface area (TPSA) is 29.9 Å². The Kier molecular flexibility index (Phi) is 3.50. The van der Waals surface area contributed by atoms with E-state index >= 15 is 0 Å². The third-order valence-corrected chi connectivity index (χ3v) is 3.04. The summed E-state index contributed by atoms with van der Waals surface area (Å²) in [4.78, 5) is 4.37. The van der Waals surface area contributed by atoms with E-state index in [2.05, 4.69) is 35.4 Å². The summed E-state index contributed by atoms with van der Waals surface area (Å²) in [5, 5.41) is 3.64. The molecule has 17 heavy (non-hydrogen) atoms. The second-order valence-electron chi connectivity index (χ2n) is 4.13. The number of aromatic nitrogens is 2. The number of hydrogen-bond acceptors (Lipinski definition) is 2. The van der Waals surface area contributed by atoms with Gasteiger partial charge in [0, 0.05) is 12.6 Å². The molecule has 0 radical (unpaired) electrons. The number of rotatable bonds is 3. The van der Waals surface area contributed by atoms with Gasteiger partial charge in [-0.05, 0) is 20.0 Å². The minimum atomic E-state index is 0.559. The molecule has 0 spiro atoms. The molecule has 1 aromatic carbocycles. The number of imidazole rings is 1. The van der Waals surface area contributed by atoms with Gasteiger partial charge in [-0.25, -0.2) is 4.98 Å². The molecule has 2 rings (SSSR count). The van der Waals surface area contributed by atoms with Gasteiger partial charge in [-0.15, -0.1) is 0 Å². The van der Waals surface area contributed by atoms with Crippen molar-refractivity contribution in [2.24, 2.45) is 7.05 Å². The maximum atomic E-state index is 6.21. The smallest absolute Gasteiger partial charge is 0.155 e. The molecule has 2 aromatic rings. The number of nitrogens with one attached hydrogen (secondary N) is 1. The quantitative estimate of drug-likeness (QED) is 0.907. The van der Waals surface area contributed by atoms with Crippen LogP contribution in [-0.4, -0.2) is 16.6 Å². The first kappa shape index (κ1) is 12.1. The van der Waals surface area contributed by atoms with Crippen LogP contribution < -0.4 is 5.32 Å². The first-order chi connectivity index (χ1) is 8.13. The van der Waals surface area contributed by atoms with Crippen LogP contribution in [0.25, 0.3) is 11.3 Å². The lowest BCUT2D eigenvalue weighted by molar-refractivity contribution is 0.712. The normalized spacial score (nSPS) is 10.8. The van der Waals surface area contributed by atoms with Crippen LogP contribution in [0.2, 0.25) is 5.15 Å². The van der Waals surface area contributed by atoms with E-state index in [4.69, 9.17) is 11.6 Å². The lowest BCUT2D eigenvalue weighted by atomic mass is 10.1. The lowest BCUT2D eigenvalue weighted by Gasteiger charge is -2.06. The van der Waals surface area contributed by atoms with Crippen LogP contribution in [0.5, 0.6) is 0 Å². The van der Waals surface area contributed by atoms with Gasteiger partial charge in [0.05, 0.1) is 12.2 Å². The Bertz CT molecular complexity index is 531. The van der Waals surface area contributed by atoms with Gasteiger partial charge >= 0.3 is 0 Å². The van der Waals surface area contributed by atoms with E-state index in [0.717, 1.165) is 17.1 Å². The van der Waals surface area contributed by atoms with Crippen molar-refractivity contribution in [3.05, 3.63) is 40.8 Å². The van der Waals surface area contributed by atoms with Crippen molar-refractivity contribution in [1.82, 2.24) is 14.9 Å². The average Bonchev–Trinajstić information content (AvgIpc) is 2.55. The molecule has 90 valence electrons. The molecule has 0 saturated heterocycles. The molecule has 0 saturated carbocycles. The summed E-state index contributed by atoms with van der Waals surface area (Å²) in [6, 6.07) is 8.28. The Balaban J connectivity index is 2.52. The maximum Gasteiger partial charge on any atom is 0.155 e. The second-order valence-corrected chi connectivity index (χ2v) is 4.48. The summed E-state index contributed by atoms with van der Waals surface area (Å²) in [5.74, 6) is 0.939. The number of aryl methyl sites for hydroxylation is 1. The molecule has 0 bridgehead atoms. The van der Waals surface area contributed by atoms with Gasteiger partial charge in [-0.1, -0.05) is 35.4 Å². The fourth-order valence-corrected chi connectivity index (χ4v) is 2.26. The second kappa shape index (κ2) is 4.90. The zero-order valence-corrected chi connectivity index (χ0v) is 11.0. The van der Waals surface area contributed by atoms with Crippen molar-refractivity contribution in [2.45, 2.75) is 13.5 Å². The van der Waals surface area contributed by atoms with E-state index in [1.807, 2.05) is 24.7 Å². The Labute approximate surface area is 106 Å². The van der Waals surface area contributed by atoms with Crippen LogP contribution in [0.4, 0.5) is 0 Å². The van der Waals surface area contributed by atoms with Crippen LogP contribution in [-0.2, 0) is 13.6 Å². The summed E-state index contributed by atoms with van der Waals surface area (Å²) in [6.45, 7) is 2.78. The fourth-order valence-electron chi connectivity index (χ4n) is 1.93. The molecule has 1 aromatic heterocycles. The third-order valence-electron chi connectivity index (χ3n) is 2.77. The van der Waals surface area contributed by atoms with Crippen molar-refractivity contribution in [1.29, 1.82) is 0 Å². The predicted octanol–water partition coefficient (Wildman–Crippen LogP) is 2.77. The van der Waals surface area contributed by atoms with Crippen LogP contribution >= 0.6 is 11.6 Å². The molecule has 1 N–H and O–H groups in total. The molecule has 1 heterocycles. The Hall–Kier alpha value is -1.32. The standard InChI is InChI=1S/C13H16ClN3/c1-9-5-4-6-10(7-9)12-13(14)16-11(8-15-2)17(12)3/h4-7,15H,8H2,1-3H3. The van der Waals surface area contributed by atoms with Crippen LogP contribution in [0.15, 0.2) is 24.3 Å². The molecule has 0 unspecified atom stereocenters. The largest absolute Gasteiger partial charge is 0.329 e. The minimum absolute atomic E-state index is 0.559. The first-order valence-corrected chi connectivity index (χ1v) is 5.94. The molecule has 0 aliphatic rings. The number of benzene rings is 1. The molecule has 3 nitrogen and oxygen atoms in total. The van der Waals surface area contributed by atoms with Gasteiger partial charge < -0.3 is 9.88 Å². The molecule has 4 heteroatoms. The number of halogens is 1. The Morgan fingerprint density at radius 3 is 2.82 bits per heavy atom. The van der Waals surface area contributed by atoms with Crippen LogP contribution in [0.3, 0.4) is 0 Å². The molecule has 0 aliphatic carbocycles. The fraction of sp³-hybridized carbons (Fsp3) is 0.308. The van der Waals surface area contributed by atoms with E-state index < -0.39 is 0 Å². The molecule has 0 atom stereocenters. The Morgan fingerprint density at radius 1 is 1.41 bits per heavy atom. The van der Waals surface area contributed by atoms with Gasteiger partial charge in [0.2, 0.25) is 0 Å². The number of hydrogen-bond donors (Lipinski definition) is 1. The van der Waals surface area contributed by atoms with E-state index in [1.54, 1.807) is 0 Å². The zero-order chi connectivity index (χ0) is 12.4.